The standard InChI is InChI=1S/C26H23Cl2P/c27-20-22-16-18-23(19-17-22)21-29(28,24-10-4-1-5-11-24,25-12-6-2-7-13-25)26-14-8-3-9-15-26/h1-19H,20-21H2. The molecule has 0 saturated heterocycles. The quantitative estimate of drug-likeness (QED) is 0.235. The fourth-order valence-corrected chi connectivity index (χ4v) is 10.3. The van der Waals surface area contributed by atoms with Gasteiger partial charge in [0.15, 0.2) is 0 Å². The summed E-state index contributed by atoms with van der Waals surface area (Å²) in [4.78, 5) is 0. The number of halogens is 2. The molecular formula is C26H23Cl2P. The van der Waals surface area contributed by atoms with Crippen LogP contribution in [0.2, 0.25) is 0 Å². The van der Waals surface area contributed by atoms with Crippen LogP contribution in [-0.4, -0.2) is 0 Å². The van der Waals surface area contributed by atoms with E-state index in [0.29, 0.717) is 5.88 Å². The number of benzene rings is 4. The third-order valence-corrected chi connectivity index (χ3v) is 13.0. The SMILES string of the molecule is ClCc1ccc(CP(Cl)(c2ccccc2)(c2ccccc2)c2ccccc2)cc1. The van der Waals surface area contributed by atoms with E-state index in [0.717, 1.165) is 11.7 Å². The van der Waals surface area contributed by atoms with Gasteiger partial charge in [-0.3, -0.25) is 0 Å². The molecule has 0 aliphatic rings. The summed E-state index contributed by atoms with van der Waals surface area (Å²) in [7, 11) is 0. The van der Waals surface area contributed by atoms with Crippen molar-refractivity contribution in [2.24, 2.45) is 0 Å². The molecule has 0 aliphatic heterocycles. The van der Waals surface area contributed by atoms with Gasteiger partial charge in [0.25, 0.3) is 0 Å². The van der Waals surface area contributed by atoms with Crippen molar-refractivity contribution in [3.8, 4) is 0 Å². The molecule has 0 bridgehead atoms. The molecule has 0 aromatic heterocycles. The summed E-state index contributed by atoms with van der Waals surface area (Å²) in [5, 5.41) is 3.54. The molecule has 0 nitrogen and oxygen atoms in total. The van der Waals surface area contributed by atoms with Crippen molar-refractivity contribution >= 4 is 44.7 Å². The van der Waals surface area contributed by atoms with E-state index in [1.165, 1.54) is 21.5 Å². The van der Waals surface area contributed by atoms with E-state index in [-0.39, 0.29) is 0 Å². The minimum absolute atomic E-state index is 0.515. The van der Waals surface area contributed by atoms with Crippen LogP contribution in [0.5, 0.6) is 0 Å². The molecule has 0 atom stereocenters. The zero-order valence-electron chi connectivity index (χ0n) is 16.1. The molecule has 4 aromatic rings. The van der Waals surface area contributed by atoms with Crippen LogP contribution in [0.1, 0.15) is 11.1 Å². The van der Waals surface area contributed by atoms with Crippen LogP contribution >= 0.6 is 28.8 Å². The average molecular weight is 437 g/mol. The van der Waals surface area contributed by atoms with Crippen LogP contribution in [0.3, 0.4) is 0 Å². The molecular weight excluding hydrogens is 414 g/mol. The molecule has 0 N–H and O–H groups in total. The molecule has 29 heavy (non-hydrogen) atoms. The van der Waals surface area contributed by atoms with E-state index in [4.69, 9.17) is 22.8 Å². The molecule has 0 heterocycles. The van der Waals surface area contributed by atoms with Gasteiger partial charge in [0.1, 0.15) is 0 Å². The Balaban J connectivity index is 2.03. The Morgan fingerprint density at radius 2 is 0.828 bits per heavy atom. The first-order valence-corrected chi connectivity index (χ1v) is 13.5. The van der Waals surface area contributed by atoms with Gasteiger partial charge in [0.05, 0.1) is 0 Å². The Morgan fingerprint density at radius 1 is 0.483 bits per heavy atom. The van der Waals surface area contributed by atoms with E-state index in [1.54, 1.807) is 0 Å². The predicted octanol–water partition coefficient (Wildman–Crippen LogP) is 6.61. The normalized spacial score (nSPS) is 12.8. The maximum absolute atomic E-state index is 8.09. The molecule has 4 rings (SSSR count). The molecule has 0 radical (unpaired) electrons. The van der Waals surface area contributed by atoms with Crippen LogP contribution in [0, 0.1) is 0 Å². The minimum atomic E-state index is -3.27. The topological polar surface area (TPSA) is 0 Å². The second kappa shape index (κ2) is 8.33. The molecule has 0 spiro atoms. The monoisotopic (exact) mass is 436 g/mol. The van der Waals surface area contributed by atoms with Gasteiger partial charge in [-0.2, -0.15) is 0 Å². The van der Waals surface area contributed by atoms with Gasteiger partial charge in [-0.15, -0.1) is 0 Å². The molecule has 4 aromatic carbocycles. The van der Waals surface area contributed by atoms with Crippen molar-refractivity contribution in [3.63, 3.8) is 0 Å². The molecule has 3 heteroatoms. The average Bonchev–Trinajstić information content (AvgIpc) is 2.81. The maximum atomic E-state index is 8.09. The van der Waals surface area contributed by atoms with Crippen molar-refractivity contribution in [3.05, 3.63) is 126 Å². The van der Waals surface area contributed by atoms with Crippen molar-refractivity contribution in [1.29, 1.82) is 0 Å². The van der Waals surface area contributed by atoms with Crippen LogP contribution in [0.25, 0.3) is 0 Å². The van der Waals surface area contributed by atoms with Gasteiger partial charge in [-0.05, 0) is 0 Å². The van der Waals surface area contributed by atoms with E-state index in [9.17, 15) is 0 Å². The third-order valence-electron chi connectivity index (χ3n) is 5.54. The van der Waals surface area contributed by atoms with Crippen molar-refractivity contribution < 1.29 is 0 Å². The Hall–Kier alpha value is -2.11. The van der Waals surface area contributed by atoms with Gasteiger partial charge in [0.2, 0.25) is 0 Å². The van der Waals surface area contributed by atoms with E-state index in [1.807, 2.05) is 18.2 Å². The van der Waals surface area contributed by atoms with Crippen molar-refractivity contribution in [1.82, 2.24) is 0 Å². The van der Waals surface area contributed by atoms with Crippen LogP contribution in [0.4, 0.5) is 0 Å². The predicted molar refractivity (Wildman–Crippen MR) is 131 cm³/mol. The molecule has 146 valence electrons. The molecule has 0 amide bonds. The summed E-state index contributed by atoms with van der Waals surface area (Å²) in [5.41, 5.74) is 2.33. The Bertz CT molecular complexity index is 963. The Morgan fingerprint density at radius 3 is 1.17 bits per heavy atom. The Kier molecular flexibility index (Phi) is 5.79. The summed E-state index contributed by atoms with van der Waals surface area (Å²) in [6, 6.07) is 40.2. The van der Waals surface area contributed by atoms with E-state index < -0.39 is 5.96 Å². The fourth-order valence-electron chi connectivity index (χ4n) is 4.01. The van der Waals surface area contributed by atoms with E-state index >= 15 is 0 Å². The zero-order chi connectivity index (χ0) is 20.2. The van der Waals surface area contributed by atoms with Gasteiger partial charge in [-0.25, -0.2) is 0 Å². The zero-order valence-corrected chi connectivity index (χ0v) is 18.5. The first kappa shape index (κ1) is 20.2. The first-order valence-electron chi connectivity index (χ1n) is 9.68. The van der Waals surface area contributed by atoms with Gasteiger partial charge in [-0.1, -0.05) is 0 Å². The van der Waals surface area contributed by atoms with Crippen molar-refractivity contribution in [2.75, 3.05) is 0 Å². The summed E-state index contributed by atoms with van der Waals surface area (Å²) >= 11 is 14.1. The van der Waals surface area contributed by atoms with Crippen LogP contribution in [0.15, 0.2) is 115 Å². The number of hydrogen-bond acceptors (Lipinski definition) is 0. The second-order valence-corrected chi connectivity index (χ2v) is 14.0. The van der Waals surface area contributed by atoms with Gasteiger partial charge < -0.3 is 0 Å². The third kappa shape index (κ3) is 3.62. The van der Waals surface area contributed by atoms with E-state index in [2.05, 4.69) is 97.1 Å². The van der Waals surface area contributed by atoms with Gasteiger partial charge in [0, 0.05) is 0 Å². The fraction of sp³-hybridized carbons (Fsp3) is 0.0769. The van der Waals surface area contributed by atoms with Gasteiger partial charge >= 0.3 is 183 Å². The molecule has 0 aliphatic carbocycles. The first-order chi connectivity index (χ1) is 14.1. The van der Waals surface area contributed by atoms with Crippen LogP contribution in [-0.2, 0) is 12.0 Å². The molecule has 0 saturated carbocycles. The van der Waals surface area contributed by atoms with Crippen molar-refractivity contribution in [2.45, 2.75) is 12.0 Å². The molecule has 0 fully saturated rings. The van der Waals surface area contributed by atoms with Crippen LogP contribution < -0.4 is 15.9 Å². The number of alkyl halides is 1. The summed E-state index contributed by atoms with van der Waals surface area (Å²) < 4.78 is 0. The summed E-state index contributed by atoms with van der Waals surface area (Å²) in [6.45, 7) is 0. The molecule has 0 unspecified atom stereocenters. The number of rotatable bonds is 6. The number of hydrogen-bond donors (Lipinski definition) is 0. The second-order valence-electron chi connectivity index (χ2n) is 7.30. The summed E-state index contributed by atoms with van der Waals surface area (Å²) in [6.07, 6.45) is 0.744. The Labute approximate surface area is 182 Å². The summed E-state index contributed by atoms with van der Waals surface area (Å²) in [5.74, 6) is -2.75.